The zero-order chi connectivity index (χ0) is 12.7. The highest BCUT2D eigenvalue weighted by molar-refractivity contribution is 5.97. The van der Waals surface area contributed by atoms with Gasteiger partial charge in [-0.2, -0.15) is 5.10 Å². The van der Waals surface area contributed by atoms with Gasteiger partial charge < -0.3 is 5.32 Å². The van der Waals surface area contributed by atoms with E-state index in [4.69, 9.17) is 0 Å². The largest absolute Gasteiger partial charge is 0.353 e. The molecule has 96 valence electrons. The highest BCUT2D eigenvalue weighted by Gasteiger charge is 2.17. The lowest BCUT2D eigenvalue weighted by Gasteiger charge is -2.22. The summed E-state index contributed by atoms with van der Waals surface area (Å²) in [7, 11) is 0. The summed E-state index contributed by atoms with van der Waals surface area (Å²) in [4.78, 5) is 22.9. The summed E-state index contributed by atoms with van der Waals surface area (Å²) in [5, 5.41) is 6.65. The van der Waals surface area contributed by atoms with Crippen molar-refractivity contribution in [2.24, 2.45) is 5.10 Å². The van der Waals surface area contributed by atoms with Crippen LogP contribution in [0.15, 0.2) is 5.10 Å². The summed E-state index contributed by atoms with van der Waals surface area (Å²) < 4.78 is 0. The molecule has 1 aliphatic rings. The smallest absolute Gasteiger partial charge is 0.249 e. The quantitative estimate of drug-likeness (QED) is 0.441. The van der Waals surface area contributed by atoms with Crippen LogP contribution in [0.4, 0.5) is 0 Å². The number of hydrogen-bond donors (Lipinski definition) is 2. The van der Waals surface area contributed by atoms with Gasteiger partial charge in [0.2, 0.25) is 11.8 Å². The van der Waals surface area contributed by atoms with Crippen molar-refractivity contribution in [2.75, 3.05) is 0 Å². The molecule has 0 aliphatic heterocycles. The second kappa shape index (κ2) is 7.04. The Morgan fingerprint density at radius 1 is 1.12 bits per heavy atom. The Bertz CT molecular complexity index is 303. The van der Waals surface area contributed by atoms with Crippen LogP contribution in [0.3, 0.4) is 0 Å². The Kier molecular flexibility index (Phi) is 5.66. The molecule has 2 N–H and O–H groups in total. The van der Waals surface area contributed by atoms with Gasteiger partial charge in [0.1, 0.15) is 6.42 Å². The third-order valence-corrected chi connectivity index (χ3v) is 2.70. The second-order valence-corrected chi connectivity index (χ2v) is 4.67. The summed E-state index contributed by atoms with van der Waals surface area (Å²) in [6, 6.07) is 0.250. The Morgan fingerprint density at radius 2 is 1.76 bits per heavy atom. The van der Waals surface area contributed by atoms with Crippen molar-refractivity contribution in [3.63, 3.8) is 0 Å². The van der Waals surface area contributed by atoms with Gasteiger partial charge in [0.15, 0.2) is 0 Å². The topological polar surface area (TPSA) is 70.6 Å². The van der Waals surface area contributed by atoms with Crippen LogP contribution in [0.2, 0.25) is 0 Å². The van der Waals surface area contributed by atoms with Crippen LogP contribution < -0.4 is 10.7 Å². The molecule has 0 spiro atoms. The number of carbonyl (C=O) groups excluding carboxylic acids is 2. The van der Waals surface area contributed by atoms with Gasteiger partial charge in [0.25, 0.3) is 0 Å². The first-order chi connectivity index (χ1) is 8.08. The fraction of sp³-hybridized carbons (Fsp3) is 0.750. The van der Waals surface area contributed by atoms with Crippen molar-refractivity contribution in [2.45, 2.75) is 58.4 Å². The van der Waals surface area contributed by atoms with E-state index in [0.717, 1.165) is 31.4 Å². The molecule has 1 fully saturated rings. The lowest BCUT2D eigenvalue weighted by Crippen LogP contribution is -2.38. The van der Waals surface area contributed by atoms with E-state index >= 15 is 0 Å². The van der Waals surface area contributed by atoms with Gasteiger partial charge in [-0.05, 0) is 26.7 Å². The standard InChI is InChI=1S/C12H21N3O2/c1-9(2)14-15-12(17)8-11(16)13-10-6-4-3-5-7-10/h10H,3-8H2,1-2H3,(H,13,16)(H,15,17). The Balaban J connectivity index is 2.23. The minimum absolute atomic E-state index is 0.146. The van der Waals surface area contributed by atoms with Gasteiger partial charge >= 0.3 is 0 Å². The van der Waals surface area contributed by atoms with E-state index in [1.54, 1.807) is 13.8 Å². The summed E-state index contributed by atoms with van der Waals surface area (Å²) >= 11 is 0. The van der Waals surface area contributed by atoms with Gasteiger partial charge in [-0.3, -0.25) is 9.59 Å². The molecule has 5 nitrogen and oxygen atoms in total. The molecule has 17 heavy (non-hydrogen) atoms. The molecule has 0 heterocycles. The number of nitrogens with one attached hydrogen (secondary N) is 2. The van der Waals surface area contributed by atoms with Gasteiger partial charge in [-0.1, -0.05) is 19.3 Å². The molecule has 0 aromatic rings. The number of rotatable bonds is 4. The molecular weight excluding hydrogens is 218 g/mol. The molecule has 0 atom stereocenters. The van der Waals surface area contributed by atoms with E-state index in [1.807, 2.05) is 0 Å². The van der Waals surface area contributed by atoms with Crippen molar-refractivity contribution >= 4 is 17.5 Å². The van der Waals surface area contributed by atoms with E-state index in [9.17, 15) is 9.59 Å². The van der Waals surface area contributed by atoms with E-state index < -0.39 is 0 Å². The molecule has 0 saturated heterocycles. The van der Waals surface area contributed by atoms with Crippen LogP contribution >= 0.6 is 0 Å². The Labute approximate surface area is 102 Å². The third kappa shape index (κ3) is 6.04. The highest BCUT2D eigenvalue weighted by atomic mass is 16.2. The fourth-order valence-corrected chi connectivity index (χ4v) is 1.89. The molecule has 1 rings (SSSR count). The predicted molar refractivity (Wildman–Crippen MR) is 66.6 cm³/mol. The van der Waals surface area contributed by atoms with Crippen LogP contribution in [0.25, 0.3) is 0 Å². The molecule has 0 unspecified atom stereocenters. The molecule has 0 bridgehead atoms. The Morgan fingerprint density at radius 3 is 2.35 bits per heavy atom. The van der Waals surface area contributed by atoms with Crippen LogP contribution in [0.5, 0.6) is 0 Å². The van der Waals surface area contributed by atoms with Crippen molar-refractivity contribution in [3.05, 3.63) is 0 Å². The van der Waals surface area contributed by atoms with Gasteiger partial charge in [-0.25, -0.2) is 5.43 Å². The number of hydrazone groups is 1. The first-order valence-electron chi connectivity index (χ1n) is 6.17. The van der Waals surface area contributed by atoms with Gasteiger partial charge in [0, 0.05) is 11.8 Å². The highest BCUT2D eigenvalue weighted by Crippen LogP contribution is 2.17. The van der Waals surface area contributed by atoms with E-state index in [1.165, 1.54) is 6.42 Å². The minimum atomic E-state index is -0.362. The van der Waals surface area contributed by atoms with E-state index in [2.05, 4.69) is 15.8 Å². The van der Waals surface area contributed by atoms with Crippen LogP contribution in [0, 0.1) is 0 Å². The van der Waals surface area contributed by atoms with E-state index in [0.29, 0.717) is 0 Å². The minimum Gasteiger partial charge on any atom is -0.353 e. The van der Waals surface area contributed by atoms with Crippen molar-refractivity contribution in [1.29, 1.82) is 0 Å². The number of nitrogens with zero attached hydrogens (tertiary/aromatic N) is 1. The third-order valence-electron chi connectivity index (χ3n) is 2.70. The molecule has 1 aliphatic carbocycles. The second-order valence-electron chi connectivity index (χ2n) is 4.67. The predicted octanol–water partition coefficient (Wildman–Crippen LogP) is 1.34. The SMILES string of the molecule is CC(C)=NNC(=O)CC(=O)NC1CCCCC1. The molecule has 1 saturated carbocycles. The number of amides is 2. The zero-order valence-electron chi connectivity index (χ0n) is 10.6. The normalized spacial score (nSPS) is 16.1. The first kappa shape index (κ1) is 13.7. The first-order valence-corrected chi connectivity index (χ1v) is 6.17. The van der Waals surface area contributed by atoms with Crippen molar-refractivity contribution < 1.29 is 9.59 Å². The lowest BCUT2D eigenvalue weighted by molar-refractivity contribution is -0.129. The Hall–Kier alpha value is -1.39. The summed E-state index contributed by atoms with van der Waals surface area (Å²) in [6.45, 7) is 3.56. The number of carbonyl (C=O) groups is 2. The molecule has 0 radical (unpaired) electrons. The lowest BCUT2D eigenvalue weighted by atomic mass is 9.95. The maximum absolute atomic E-state index is 11.5. The molecule has 2 amide bonds. The van der Waals surface area contributed by atoms with Crippen LogP contribution in [0.1, 0.15) is 52.4 Å². The zero-order valence-corrected chi connectivity index (χ0v) is 10.6. The van der Waals surface area contributed by atoms with Crippen LogP contribution in [-0.4, -0.2) is 23.6 Å². The van der Waals surface area contributed by atoms with Crippen LogP contribution in [-0.2, 0) is 9.59 Å². The fourth-order valence-electron chi connectivity index (χ4n) is 1.89. The summed E-state index contributed by atoms with van der Waals surface area (Å²) in [6.07, 6.45) is 5.48. The maximum atomic E-state index is 11.5. The summed E-state index contributed by atoms with van der Waals surface area (Å²) in [5.74, 6) is -0.571. The monoisotopic (exact) mass is 239 g/mol. The molecule has 0 aromatic heterocycles. The number of hydrogen-bond acceptors (Lipinski definition) is 3. The van der Waals surface area contributed by atoms with Crippen molar-refractivity contribution in [1.82, 2.24) is 10.7 Å². The molecular formula is C12H21N3O2. The summed E-state index contributed by atoms with van der Waals surface area (Å²) in [5.41, 5.74) is 3.09. The van der Waals surface area contributed by atoms with E-state index in [-0.39, 0.29) is 24.3 Å². The van der Waals surface area contributed by atoms with Gasteiger partial charge in [0.05, 0.1) is 0 Å². The molecule has 0 aromatic carbocycles. The average molecular weight is 239 g/mol. The molecule has 5 heteroatoms. The van der Waals surface area contributed by atoms with Gasteiger partial charge in [-0.15, -0.1) is 0 Å². The maximum Gasteiger partial charge on any atom is 0.249 e. The average Bonchev–Trinajstić information content (AvgIpc) is 2.27. The van der Waals surface area contributed by atoms with Crippen molar-refractivity contribution in [3.8, 4) is 0 Å².